The van der Waals surface area contributed by atoms with Crippen LogP contribution in [0, 0.1) is 12.3 Å². The first kappa shape index (κ1) is 14.2. The lowest BCUT2D eigenvalue weighted by molar-refractivity contribution is -0.133. The Balaban J connectivity index is 1.95. The van der Waals surface area contributed by atoms with Gasteiger partial charge in [0.25, 0.3) is 5.56 Å². The minimum absolute atomic E-state index is 0.0268. The maximum atomic E-state index is 12.2. The first-order chi connectivity index (χ1) is 9.60. The Hall–Kier alpha value is -2.26. The average molecular weight is 274 g/mol. The van der Waals surface area contributed by atoms with Crippen LogP contribution >= 0.6 is 0 Å². The molecule has 0 spiro atoms. The van der Waals surface area contributed by atoms with E-state index < -0.39 is 0 Å². The zero-order chi connectivity index (χ0) is 14.5. The second kappa shape index (κ2) is 6.26. The standard InChI is InChI=1S/C14H18N4O2/c1-2-5-16-6-8-17(9-7-16)14(20)11-18-10-12(15)3-4-13(18)19/h1,3-4,10H,5-9,11,15H2. The van der Waals surface area contributed by atoms with Crippen LogP contribution in [0.25, 0.3) is 0 Å². The fraction of sp³-hybridized carbons (Fsp3) is 0.429. The summed E-state index contributed by atoms with van der Waals surface area (Å²) in [5.41, 5.74) is 5.87. The number of nitrogens with two attached hydrogens (primary N) is 1. The van der Waals surface area contributed by atoms with Gasteiger partial charge in [0.2, 0.25) is 5.91 Å². The van der Waals surface area contributed by atoms with Crippen molar-refractivity contribution in [2.45, 2.75) is 6.54 Å². The van der Waals surface area contributed by atoms with E-state index in [1.807, 2.05) is 0 Å². The predicted octanol–water partition coefficient (Wildman–Crippen LogP) is -0.792. The van der Waals surface area contributed by atoms with Crippen molar-refractivity contribution in [1.29, 1.82) is 0 Å². The molecule has 1 aliphatic rings. The number of carbonyl (C=O) groups excluding carboxylic acids is 1. The highest BCUT2D eigenvalue weighted by atomic mass is 16.2. The quantitative estimate of drug-likeness (QED) is 0.733. The molecule has 6 heteroatoms. The van der Waals surface area contributed by atoms with Gasteiger partial charge >= 0.3 is 0 Å². The van der Waals surface area contributed by atoms with Gasteiger partial charge < -0.3 is 15.2 Å². The molecule has 0 unspecified atom stereocenters. The first-order valence-corrected chi connectivity index (χ1v) is 6.49. The third-order valence-corrected chi connectivity index (χ3v) is 3.35. The molecule has 2 N–H and O–H groups in total. The molecule has 1 saturated heterocycles. The summed E-state index contributed by atoms with van der Waals surface area (Å²) in [5.74, 6) is 2.53. The number of hydrogen-bond donors (Lipinski definition) is 1. The summed E-state index contributed by atoms with van der Waals surface area (Å²) in [6.07, 6.45) is 6.76. The molecule has 1 aliphatic heterocycles. The topological polar surface area (TPSA) is 71.6 Å². The molecule has 1 fully saturated rings. The van der Waals surface area contributed by atoms with Crippen LogP contribution < -0.4 is 11.3 Å². The molecule has 1 aromatic heterocycles. The van der Waals surface area contributed by atoms with E-state index in [4.69, 9.17) is 12.2 Å². The Morgan fingerprint density at radius 1 is 1.30 bits per heavy atom. The monoisotopic (exact) mass is 274 g/mol. The number of nitrogens with zero attached hydrogens (tertiary/aromatic N) is 3. The smallest absolute Gasteiger partial charge is 0.251 e. The summed E-state index contributed by atoms with van der Waals surface area (Å²) >= 11 is 0. The van der Waals surface area contributed by atoms with Gasteiger partial charge in [-0.3, -0.25) is 14.5 Å². The average Bonchev–Trinajstić information content (AvgIpc) is 2.44. The van der Waals surface area contributed by atoms with Crippen molar-refractivity contribution in [3.63, 3.8) is 0 Å². The lowest BCUT2D eigenvalue weighted by atomic mass is 10.3. The molecular formula is C14H18N4O2. The molecule has 0 bridgehead atoms. The highest BCUT2D eigenvalue weighted by molar-refractivity contribution is 5.76. The number of terminal acetylenes is 1. The van der Waals surface area contributed by atoms with Gasteiger partial charge in [-0.15, -0.1) is 6.42 Å². The third kappa shape index (κ3) is 3.39. The number of pyridine rings is 1. The van der Waals surface area contributed by atoms with Crippen LogP contribution in [-0.4, -0.2) is 53.0 Å². The summed E-state index contributed by atoms with van der Waals surface area (Å²) in [4.78, 5) is 27.7. The lowest BCUT2D eigenvalue weighted by Crippen LogP contribution is -2.49. The van der Waals surface area contributed by atoms with Crippen LogP contribution in [-0.2, 0) is 11.3 Å². The van der Waals surface area contributed by atoms with E-state index in [1.54, 1.807) is 4.90 Å². The Morgan fingerprint density at radius 3 is 2.65 bits per heavy atom. The molecule has 2 rings (SSSR count). The summed E-state index contributed by atoms with van der Waals surface area (Å²) in [6, 6.07) is 2.90. The van der Waals surface area contributed by atoms with Gasteiger partial charge in [-0.2, -0.15) is 0 Å². The molecule has 0 saturated carbocycles. The SMILES string of the molecule is C#CCN1CCN(C(=O)Cn2cc(N)ccc2=O)CC1. The molecule has 0 radical (unpaired) electrons. The minimum Gasteiger partial charge on any atom is -0.398 e. The molecule has 0 atom stereocenters. The molecule has 6 nitrogen and oxygen atoms in total. The molecule has 2 heterocycles. The summed E-state index contributed by atoms with van der Waals surface area (Å²) in [7, 11) is 0. The number of piperazine rings is 1. The van der Waals surface area contributed by atoms with Gasteiger partial charge in [0.1, 0.15) is 6.54 Å². The highest BCUT2D eigenvalue weighted by Gasteiger charge is 2.20. The minimum atomic E-state index is -0.224. The zero-order valence-corrected chi connectivity index (χ0v) is 11.3. The third-order valence-electron chi connectivity index (χ3n) is 3.35. The second-order valence-electron chi connectivity index (χ2n) is 4.79. The van der Waals surface area contributed by atoms with Crippen LogP contribution in [0.1, 0.15) is 0 Å². The Labute approximate surface area is 117 Å². The van der Waals surface area contributed by atoms with E-state index in [9.17, 15) is 9.59 Å². The van der Waals surface area contributed by atoms with Gasteiger partial charge in [-0.05, 0) is 6.07 Å². The van der Waals surface area contributed by atoms with Gasteiger partial charge in [0, 0.05) is 44.1 Å². The van der Waals surface area contributed by atoms with Crippen molar-refractivity contribution in [3.05, 3.63) is 28.7 Å². The fourth-order valence-corrected chi connectivity index (χ4v) is 2.20. The zero-order valence-electron chi connectivity index (χ0n) is 11.3. The van der Waals surface area contributed by atoms with Crippen LogP contribution in [0.3, 0.4) is 0 Å². The molecule has 1 aromatic rings. The Kier molecular flexibility index (Phi) is 4.43. The maximum absolute atomic E-state index is 12.2. The maximum Gasteiger partial charge on any atom is 0.251 e. The summed E-state index contributed by atoms with van der Waals surface area (Å²) in [6.45, 7) is 3.44. The number of hydrogen-bond acceptors (Lipinski definition) is 4. The molecule has 20 heavy (non-hydrogen) atoms. The van der Waals surface area contributed by atoms with Crippen LogP contribution in [0.4, 0.5) is 5.69 Å². The van der Waals surface area contributed by atoms with Crippen LogP contribution in [0.5, 0.6) is 0 Å². The van der Waals surface area contributed by atoms with E-state index in [-0.39, 0.29) is 18.0 Å². The normalized spacial score (nSPS) is 15.8. The fourth-order valence-electron chi connectivity index (χ4n) is 2.20. The van der Waals surface area contributed by atoms with Crippen molar-refractivity contribution in [2.75, 3.05) is 38.5 Å². The largest absolute Gasteiger partial charge is 0.398 e. The number of carbonyl (C=O) groups is 1. The number of amides is 1. The van der Waals surface area contributed by atoms with Crippen LogP contribution in [0.15, 0.2) is 23.1 Å². The van der Waals surface area contributed by atoms with Crippen LogP contribution in [0.2, 0.25) is 0 Å². The first-order valence-electron chi connectivity index (χ1n) is 6.49. The Bertz CT molecular complexity index is 580. The van der Waals surface area contributed by atoms with Gasteiger partial charge in [-0.1, -0.05) is 5.92 Å². The summed E-state index contributed by atoms with van der Waals surface area (Å²) < 4.78 is 1.34. The van der Waals surface area contributed by atoms with E-state index >= 15 is 0 Å². The summed E-state index contributed by atoms with van der Waals surface area (Å²) in [5, 5.41) is 0. The van der Waals surface area contributed by atoms with Gasteiger partial charge in [-0.25, -0.2) is 0 Å². The second-order valence-corrected chi connectivity index (χ2v) is 4.79. The van der Waals surface area contributed by atoms with Gasteiger partial charge in [0.05, 0.1) is 6.54 Å². The van der Waals surface area contributed by atoms with Crippen molar-refractivity contribution in [3.8, 4) is 12.3 Å². The van der Waals surface area contributed by atoms with Crippen molar-refractivity contribution < 1.29 is 4.79 Å². The van der Waals surface area contributed by atoms with Crippen molar-refractivity contribution >= 4 is 11.6 Å². The van der Waals surface area contributed by atoms with Crippen molar-refractivity contribution in [1.82, 2.24) is 14.4 Å². The number of aromatic nitrogens is 1. The number of rotatable bonds is 3. The number of anilines is 1. The van der Waals surface area contributed by atoms with Crippen molar-refractivity contribution in [2.24, 2.45) is 0 Å². The predicted molar refractivity (Wildman–Crippen MR) is 77.0 cm³/mol. The molecule has 0 aromatic carbocycles. The highest BCUT2D eigenvalue weighted by Crippen LogP contribution is 2.03. The Morgan fingerprint density at radius 2 is 2.00 bits per heavy atom. The molecule has 0 aliphatic carbocycles. The van der Waals surface area contributed by atoms with E-state index in [0.717, 1.165) is 13.1 Å². The van der Waals surface area contributed by atoms with E-state index in [2.05, 4.69) is 10.8 Å². The van der Waals surface area contributed by atoms with E-state index in [0.29, 0.717) is 25.3 Å². The lowest BCUT2D eigenvalue weighted by Gasteiger charge is -2.33. The molecular weight excluding hydrogens is 256 g/mol. The van der Waals surface area contributed by atoms with Gasteiger partial charge in [0.15, 0.2) is 0 Å². The number of nitrogen functional groups attached to an aromatic ring is 1. The molecule has 1 amide bonds. The van der Waals surface area contributed by atoms with E-state index in [1.165, 1.54) is 22.9 Å². The molecule has 106 valence electrons.